The Morgan fingerprint density at radius 3 is 2.47 bits per heavy atom. The fraction of sp³-hybridized carbons (Fsp3) is 0.400. The number of rotatable bonds is 9. The zero-order valence-electron chi connectivity index (χ0n) is 19.5. The average Bonchev–Trinajstić information content (AvgIpc) is 2.85. The second kappa shape index (κ2) is 11.9. The first-order valence-corrected chi connectivity index (χ1v) is 12.4. The third-order valence-corrected chi connectivity index (χ3v) is 6.73. The van der Waals surface area contributed by atoms with Crippen molar-refractivity contribution >= 4 is 40.9 Å². The summed E-state index contributed by atoms with van der Waals surface area (Å²) in [5.74, 6) is -0.617. The number of fused-ring (bicyclic) bond motifs is 1. The minimum Gasteiger partial charge on any atom is -0.477 e. The highest BCUT2D eigenvalue weighted by Crippen LogP contribution is 2.34. The first kappa shape index (κ1) is 25.6. The number of halogens is 1. The SMILES string of the molecule is CCC(CC)NC(=O)C1CN(C(=O)C(C)SCC(=O)Nc2ccc(F)cc2)c2ccccc2O1. The Balaban J connectivity index is 1.64. The summed E-state index contributed by atoms with van der Waals surface area (Å²) in [6.45, 7) is 5.84. The Bertz CT molecular complexity index is 1010. The lowest BCUT2D eigenvalue weighted by Gasteiger charge is -2.35. The zero-order valence-corrected chi connectivity index (χ0v) is 20.4. The molecule has 0 aromatic heterocycles. The van der Waals surface area contributed by atoms with Crippen molar-refractivity contribution < 1.29 is 23.5 Å². The summed E-state index contributed by atoms with van der Waals surface area (Å²) in [7, 11) is 0. The minimum absolute atomic E-state index is 0.0477. The summed E-state index contributed by atoms with van der Waals surface area (Å²) in [6.07, 6.45) is 0.794. The lowest BCUT2D eigenvalue weighted by atomic mass is 10.1. The molecule has 0 aliphatic carbocycles. The van der Waals surface area contributed by atoms with E-state index in [0.717, 1.165) is 12.8 Å². The van der Waals surface area contributed by atoms with E-state index in [2.05, 4.69) is 10.6 Å². The van der Waals surface area contributed by atoms with Crippen LogP contribution in [0.1, 0.15) is 33.6 Å². The van der Waals surface area contributed by atoms with Gasteiger partial charge in [0.05, 0.1) is 23.2 Å². The molecule has 0 saturated carbocycles. The van der Waals surface area contributed by atoms with Crippen LogP contribution < -0.4 is 20.3 Å². The van der Waals surface area contributed by atoms with Crippen LogP contribution in [0.15, 0.2) is 48.5 Å². The predicted molar refractivity (Wildman–Crippen MR) is 133 cm³/mol. The normalized spacial score (nSPS) is 15.8. The summed E-state index contributed by atoms with van der Waals surface area (Å²) in [4.78, 5) is 40.0. The van der Waals surface area contributed by atoms with E-state index in [0.29, 0.717) is 17.1 Å². The quantitative estimate of drug-likeness (QED) is 0.559. The largest absolute Gasteiger partial charge is 0.477 e. The van der Waals surface area contributed by atoms with Gasteiger partial charge in [-0.1, -0.05) is 26.0 Å². The summed E-state index contributed by atoms with van der Waals surface area (Å²) < 4.78 is 18.9. The van der Waals surface area contributed by atoms with Gasteiger partial charge in [0.1, 0.15) is 11.6 Å². The molecule has 2 atom stereocenters. The number of ether oxygens (including phenoxy) is 1. The van der Waals surface area contributed by atoms with E-state index in [-0.39, 0.29) is 41.9 Å². The molecule has 2 unspecified atom stereocenters. The van der Waals surface area contributed by atoms with E-state index in [1.807, 2.05) is 13.8 Å². The molecule has 182 valence electrons. The minimum atomic E-state index is -0.821. The van der Waals surface area contributed by atoms with Gasteiger partial charge in [-0.3, -0.25) is 14.4 Å². The highest BCUT2D eigenvalue weighted by molar-refractivity contribution is 8.01. The molecular weight excluding hydrogens is 457 g/mol. The molecule has 1 aliphatic rings. The lowest BCUT2D eigenvalue weighted by molar-refractivity contribution is -0.129. The van der Waals surface area contributed by atoms with E-state index in [4.69, 9.17) is 4.74 Å². The van der Waals surface area contributed by atoms with Crippen LogP contribution in [0, 0.1) is 5.82 Å². The van der Waals surface area contributed by atoms with Crippen molar-refractivity contribution in [3.8, 4) is 5.75 Å². The second-order valence-electron chi connectivity index (χ2n) is 8.05. The first-order valence-electron chi connectivity index (χ1n) is 11.4. The number of para-hydroxylation sites is 2. The molecule has 0 fully saturated rings. The van der Waals surface area contributed by atoms with E-state index in [1.165, 1.54) is 36.0 Å². The molecular formula is C25H30FN3O4S. The van der Waals surface area contributed by atoms with Crippen molar-refractivity contribution in [1.29, 1.82) is 0 Å². The number of nitrogens with zero attached hydrogens (tertiary/aromatic N) is 1. The Kier molecular flexibility index (Phi) is 8.92. The topological polar surface area (TPSA) is 87.7 Å². The van der Waals surface area contributed by atoms with Gasteiger partial charge in [0, 0.05) is 11.7 Å². The van der Waals surface area contributed by atoms with E-state index >= 15 is 0 Å². The molecule has 3 amide bonds. The molecule has 3 rings (SSSR count). The van der Waals surface area contributed by atoms with Crippen molar-refractivity contribution in [2.75, 3.05) is 22.5 Å². The molecule has 9 heteroatoms. The molecule has 2 aromatic carbocycles. The number of hydrogen-bond donors (Lipinski definition) is 2. The van der Waals surface area contributed by atoms with E-state index in [9.17, 15) is 18.8 Å². The first-order chi connectivity index (χ1) is 16.3. The second-order valence-corrected chi connectivity index (χ2v) is 9.38. The number of benzene rings is 2. The van der Waals surface area contributed by atoms with Crippen molar-refractivity contribution in [1.82, 2.24) is 5.32 Å². The summed E-state index contributed by atoms with van der Waals surface area (Å²) in [5, 5.41) is 5.14. The molecule has 2 N–H and O–H groups in total. The summed E-state index contributed by atoms with van der Waals surface area (Å²) in [6, 6.07) is 12.6. The van der Waals surface area contributed by atoms with Gasteiger partial charge in [0.15, 0.2) is 6.10 Å². The monoisotopic (exact) mass is 487 g/mol. The van der Waals surface area contributed by atoms with Gasteiger partial charge in [0.2, 0.25) is 11.8 Å². The van der Waals surface area contributed by atoms with Gasteiger partial charge in [0.25, 0.3) is 5.91 Å². The molecule has 7 nitrogen and oxygen atoms in total. The van der Waals surface area contributed by atoms with E-state index in [1.54, 1.807) is 36.1 Å². The lowest BCUT2D eigenvalue weighted by Crippen LogP contribution is -2.53. The van der Waals surface area contributed by atoms with Crippen molar-refractivity contribution in [3.63, 3.8) is 0 Å². The third kappa shape index (κ3) is 6.50. The van der Waals surface area contributed by atoms with E-state index < -0.39 is 11.4 Å². The van der Waals surface area contributed by atoms with Crippen LogP contribution in [0.25, 0.3) is 0 Å². The van der Waals surface area contributed by atoms with Crippen LogP contribution in [-0.4, -0.2) is 47.4 Å². The van der Waals surface area contributed by atoms with Crippen LogP contribution in [0.4, 0.5) is 15.8 Å². The van der Waals surface area contributed by atoms with Gasteiger partial charge < -0.3 is 20.3 Å². The third-order valence-electron chi connectivity index (χ3n) is 5.60. The van der Waals surface area contributed by atoms with Gasteiger partial charge >= 0.3 is 0 Å². The van der Waals surface area contributed by atoms with Gasteiger partial charge in [-0.15, -0.1) is 11.8 Å². The standard InChI is InChI=1S/C25H30FN3O4S/c1-4-18(5-2)28-24(31)22-14-29(20-8-6-7-9-21(20)33-22)25(32)16(3)34-15-23(30)27-19-12-10-17(26)11-13-19/h6-13,16,18,22H,4-5,14-15H2,1-3H3,(H,27,30)(H,28,31). The van der Waals surface area contributed by atoms with Gasteiger partial charge in [-0.2, -0.15) is 0 Å². The Morgan fingerprint density at radius 2 is 1.79 bits per heavy atom. The van der Waals surface area contributed by atoms with Crippen LogP contribution >= 0.6 is 11.8 Å². The Labute approximate surface area is 203 Å². The number of nitrogens with one attached hydrogen (secondary N) is 2. The predicted octanol–water partition coefficient (Wildman–Crippen LogP) is 3.98. The maximum atomic E-state index is 13.3. The molecule has 34 heavy (non-hydrogen) atoms. The maximum absolute atomic E-state index is 13.3. The van der Waals surface area contributed by atoms with Crippen molar-refractivity contribution in [2.24, 2.45) is 0 Å². The van der Waals surface area contributed by atoms with Crippen LogP contribution in [0.5, 0.6) is 5.75 Å². The molecule has 1 heterocycles. The van der Waals surface area contributed by atoms with Gasteiger partial charge in [-0.25, -0.2) is 4.39 Å². The molecule has 2 aromatic rings. The number of amides is 3. The number of carbonyl (C=O) groups excluding carboxylic acids is 3. The fourth-order valence-corrected chi connectivity index (χ4v) is 4.33. The molecule has 0 spiro atoms. The summed E-state index contributed by atoms with van der Waals surface area (Å²) >= 11 is 1.19. The van der Waals surface area contributed by atoms with Crippen LogP contribution in [0.2, 0.25) is 0 Å². The van der Waals surface area contributed by atoms with Crippen molar-refractivity contribution in [2.45, 2.75) is 51.0 Å². The average molecular weight is 488 g/mol. The summed E-state index contributed by atoms with van der Waals surface area (Å²) in [5.41, 5.74) is 1.08. The smallest absolute Gasteiger partial charge is 0.263 e. The highest BCUT2D eigenvalue weighted by atomic mass is 32.2. The number of anilines is 2. The molecule has 1 aliphatic heterocycles. The van der Waals surface area contributed by atoms with Crippen molar-refractivity contribution in [3.05, 3.63) is 54.3 Å². The zero-order chi connectivity index (χ0) is 24.7. The number of carbonyl (C=O) groups is 3. The molecule has 0 bridgehead atoms. The van der Waals surface area contributed by atoms with Crippen LogP contribution in [-0.2, 0) is 14.4 Å². The van der Waals surface area contributed by atoms with Crippen LogP contribution in [0.3, 0.4) is 0 Å². The Morgan fingerprint density at radius 1 is 1.12 bits per heavy atom. The fourth-order valence-electron chi connectivity index (χ4n) is 3.59. The molecule has 0 radical (unpaired) electrons. The Hall–Kier alpha value is -3.07. The highest BCUT2D eigenvalue weighted by Gasteiger charge is 2.36. The maximum Gasteiger partial charge on any atom is 0.263 e. The molecule has 0 saturated heterocycles. The number of thioether (sulfide) groups is 1. The van der Waals surface area contributed by atoms with Gasteiger partial charge in [-0.05, 0) is 56.2 Å². The number of hydrogen-bond acceptors (Lipinski definition) is 5.